The zero-order chi connectivity index (χ0) is 14.1. The average Bonchev–Trinajstić information content (AvgIpc) is 3.24. The Balaban J connectivity index is 2.10. The number of amides is 1. The molecule has 5 heteroatoms. The Bertz CT molecular complexity index is 652. The summed E-state index contributed by atoms with van der Waals surface area (Å²) in [5.74, 6) is 0.945. The molecule has 5 nitrogen and oxygen atoms in total. The molecule has 0 radical (unpaired) electrons. The van der Waals surface area contributed by atoms with Crippen molar-refractivity contribution in [1.82, 2.24) is 9.97 Å². The van der Waals surface area contributed by atoms with Gasteiger partial charge in [0.25, 0.3) is 5.91 Å². The van der Waals surface area contributed by atoms with Gasteiger partial charge in [-0.1, -0.05) is 0 Å². The molecule has 0 unspecified atom stereocenters. The van der Waals surface area contributed by atoms with Crippen LogP contribution in [-0.2, 0) is 0 Å². The molecule has 102 valence electrons. The van der Waals surface area contributed by atoms with Crippen LogP contribution in [-0.4, -0.2) is 21.9 Å². The molecule has 2 aromatic rings. The van der Waals surface area contributed by atoms with Crippen LogP contribution in [0, 0.1) is 6.92 Å². The Morgan fingerprint density at radius 1 is 1.30 bits per heavy atom. The number of anilines is 2. The third-order valence-electron chi connectivity index (χ3n) is 3.34. The van der Waals surface area contributed by atoms with Crippen LogP contribution in [0.25, 0.3) is 0 Å². The molecule has 1 aliphatic carbocycles. The summed E-state index contributed by atoms with van der Waals surface area (Å²) in [4.78, 5) is 22.4. The highest BCUT2D eigenvalue weighted by Crippen LogP contribution is 2.37. The Hall–Kier alpha value is -2.43. The Labute approximate surface area is 117 Å². The standard InChI is InChI=1S/C15H16N4O/c1-10-6-8-17-13(9-10)19(11-4-5-11)15-12(14(16)20)3-2-7-18-15/h2-3,6-9,11H,4-5H2,1H3,(H2,16,20). The summed E-state index contributed by atoms with van der Waals surface area (Å²) in [5, 5.41) is 0. The highest BCUT2D eigenvalue weighted by atomic mass is 16.1. The lowest BCUT2D eigenvalue weighted by Gasteiger charge is -2.24. The molecule has 1 aliphatic rings. The third-order valence-corrected chi connectivity index (χ3v) is 3.34. The van der Waals surface area contributed by atoms with Crippen molar-refractivity contribution < 1.29 is 4.79 Å². The number of pyridine rings is 2. The van der Waals surface area contributed by atoms with Crippen molar-refractivity contribution in [2.24, 2.45) is 5.73 Å². The van der Waals surface area contributed by atoms with Crippen LogP contribution in [0.4, 0.5) is 11.6 Å². The number of hydrogen-bond acceptors (Lipinski definition) is 4. The van der Waals surface area contributed by atoms with Crippen LogP contribution < -0.4 is 10.6 Å². The van der Waals surface area contributed by atoms with E-state index in [0.717, 1.165) is 24.2 Å². The predicted molar refractivity (Wildman–Crippen MR) is 76.9 cm³/mol. The maximum atomic E-state index is 11.6. The van der Waals surface area contributed by atoms with Crippen LogP contribution in [0.1, 0.15) is 28.8 Å². The highest BCUT2D eigenvalue weighted by molar-refractivity contribution is 5.98. The molecule has 0 aliphatic heterocycles. The second-order valence-corrected chi connectivity index (χ2v) is 5.03. The summed E-state index contributed by atoms with van der Waals surface area (Å²) in [6.45, 7) is 2.02. The summed E-state index contributed by atoms with van der Waals surface area (Å²) in [6, 6.07) is 7.71. The SMILES string of the molecule is Cc1ccnc(N(c2ncccc2C(N)=O)C2CC2)c1. The first-order valence-corrected chi connectivity index (χ1v) is 6.63. The number of nitrogens with zero attached hydrogens (tertiary/aromatic N) is 3. The first-order valence-electron chi connectivity index (χ1n) is 6.63. The fourth-order valence-electron chi connectivity index (χ4n) is 2.23. The van der Waals surface area contributed by atoms with Gasteiger partial charge >= 0.3 is 0 Å². The van der Waals surface area contributed by atoms with Gasteiger partial charge in [0.05, 0.1) is 5.56 Å². The van der Waals surface area contributed by atoms with Crippen LogP contribution in [0.15, 0.2) is 36.7 Å². The molecule has 0 atom stereocenters. The van der Waals surface area contributed by atoms with Crippen molar-refractivity contribution >= 4 is 17.5 Å². The summed E-state index contributed by atoms with van der Waals surface area (Å²) >= 11 is 0. The molecule has 3 rings (SSSR count). The van der Waals surface area contributed by atoms with E-state index in [2.05, 4.69) is 9.97 Å². The fraction of sp³-hybridized carbons (Fsp3) is 0.267. The van der Waals surface area contributed by atoms with Gasteiger partial charge in [-0.25, -0.2) is 9.97 Å². The maximum Gasteiger partial charge on any atom is 0.252 e. The Morgan fingerprint density at radius 3 is 2.75 bits per heavy atom. The van der Waals surface area contributed by atoms with Gasteiger partial charge in [-0.15, -0.1) is 0 Å². The van der Waals surface area contributed by atoms with Gasteiger partial charge < -0.3 is 10.6 Å². The maximum absolute atomic E-state index is 11.6. The number of carbonyl (C=O) groups is 1. The van der Waals surface area contributed by atoms with Crippen molar-refractivity contribution in [3.63, 3.8) is 0 Å². The number of rotatable bonds is 4. The number of hydrogen-bond donors (Lipinski definition) is 1. The van der Waals surface area contributed by atoms with Crippen molar-refractivity contribution in [2.45, 2.75) is 25.8 Å². The lowest BCUT2D eigenvalue weighted by molar-refractivity contribution is 0.100. The van der Waals surface area contributed by atoms with Crippen LogP contribution in [0.2, 0.25) is 0 Å². The smallest absolute Gasteiger partial charge is 0.252 e. The van der Waals surface area contributed by atoms with Crippen molar-refractivity contribution in [3.8, 4) is 0 Å². The lowest BCUT2D eigenvalue weighted by Crippen LogP contribution is -2.26. The molecule has 2 aromatic heterocycles. The summed E-state index contributed by atoms with van der Waals surface area (Å²) in [6.07, 6.45) is 5.59. The number of carbonyl (C=O) groups excluding carboxylic acids is 1. The predicted octanol–water partition coefficient (Wildman–Crippen LogP) is 2.18. The van der Waals surface area contributed by atoms with Crippen molar-refractivity contribution in [2.75, 3.05) is 4.90 Å². The average molecular weight is 268 g/mol. The van der Waals surface area contributed by atoms with E-state index in [9.17, 15) is 4.79 Å². The molecular weight excluding hydrogens is 252 g/mol. The van der Waals surface area contributed by atoms with E-state index in [0.29, 0.717) is 17.4 Å². The quantitative estimate of drug-likeness (QED) is 0.922. The van der Waals surface area contributed by atoms with Crippen molar-refractivity contribution in [3.05, 3.63) is 47.8 Å². The topological polar surface area (TPSA) is 72.1 Å². The second kappa shape index (κ2) is 4.92. The number of nitrogens with two attached hydrogens (primary N) is 1. The lowest BCUT2D eigenvalue weighted by atomic mass is 10.2. The van der Waals surface area contributed by atoms with E-state index >= 15 is 0 Å². The van der Waals surface area contributed by atoms with Gasteiger partial charge in [0, 0.05) is 18.4 Å². The molecule has 20 heavy (non-hydrogen) atoms. The summed E-state index contributed by atoms with van der Waals surface area (Å²) in [7, 11) is 0. The molecule has 1 saturated carbocycles. The monoisotopic (exact) mass is 268 g/mol. The van der Waals surface area contributed by atoms with Crippen LogP contribution >= 0.6 is 0 Å². The van der Waals surface area contributed by atoms with E-state index in [4.69, 9.17) is 5.73 Å². The summed E-state index contributed by atoms with van der Waals surface area (Å²) in [5.41, 5.74) is 7.01. The van der Waals surface area contributed by atoms with Crippen LogP contribution in [0.5, 0.6) is 0 Å². The minimum Gasteiger partial charge on any atom is -0.365 e. The Kier molecular flexibility index (Phi) is 3.10. The first kappa shape index (κ1) is 12.6. The van der Waals surface area contributed by atoms with Gasteiger partial charge in [0.2, 0.25) is 0 Å². The zero-order valence-electron chi connectivity index (χ0n) is 11.3. The molecule has 0 aromatic carbocycles. The number of aryl methyl sites for hydroxylation is 1. The Morgan fingerprint density at radius 2 is 2.10 bits per heavy atom. The molecule has 1 fully saturated rings. The van der Waals surface area contributed by atoms with Gasteiger partial charge in [-0.05, 0) is 49.6 Å². The van der Waals surface area contributed by atoms with Crippen LogP contribution in [0.3, 0.4) is 0 Å². The largest absolute Gasteiger partial charge is 0.365 e. The molecule has 0 bridgehead atoms. The zero-order valence-corrected chi connectivity index (χ0v) is 11.3. The van der Waals surface area contributed by atoms with E-state index < -0.39 is 5.91 Å². The van der Waals surface area contributed by atoms with E-state index in [1.807, 2.05) is 24.0 Å². The number of aromatic nitrogens is 2. The van der Waals surface area contributed by atoms with E-state index in [-0.39, 0.29) is 0 Å². The van der Waals surface area contributed by atoms with E-state index in [1.165, 1.54) is 0 Å². The second-order valence-electron chi connectivity index (χ2n) is 5.03. The van der Waals surface area contributed by atoms with Gasteiger partial charge in [0.15, 0.2) is 0 Å². The van der Waals surface area contributed by atoms with Crippen molar-refractivity contribution in [1.29, 1.82) is 0 Å². The van der Waals surface area contributed by atoms with Gasteiger partial charge in [-0.3, -0.25) is 4.79 Å². The third kappa shape index (κ3) is 2.34. The molecule has 2 N–H and O–H groups in total. The molecule has 0 spiro atoms. The highest BCUT2D eigenvalue weighted by Gasteiger charge is 2.33. The normalized spacial score (nSPS) is 14.1. The number of primary amides is 1. The fourth-order valence-corrected chi connectivity index (χ4v) is 2.23. The van der Waals surface area contributed by atoms with E-state index in [1.54, 1.807) is 24.5 Å². The minimum absolute atomic E-state index is 0.345. The van der Waals surface area contributed by atoms with Gasteiger partial charge in [0.1, 0.15) is 11.6 Å². The van der Waals surface area contributed by atoms with Gasteiger partial charge in [-0.2, -0.15) is 0 Å². The molecular formula is C15H16N4O. The minimum atomic E-state index is -0.466. The molecule has 0 saturated heterocycles. The first-order chi connectivity index (χ1) is 9.66. The molecule has 2 heterocycles. The summed E-state index contributed by atoms with van der Waals surface area (Å²) < 4.78 is 0. The molecule has 1 amide bonds.